The molecule has 0 bridgehead atoms. The molecular formula is C20H21ClN4O2S. The second-order valence-corrected chi connectivity index (χ2v) is 8.03. The van der Waals surface area contributed by atoms with Gasteiger partial charge in [0.25, 0.3) is 0 Å². The number of para-hydroxylation sites is 1. The number of carbonyl (C=O) groups excluding carboxylic acids is 1. The fourth-order valence-electron chi connectivity index (χ4n) is 3.26. The highest BCUT2D eigenvalue weighted by Gasteiger charge is 2.24. The minimum Gasteiger partial charge on any atom is -0.494 e. The van der Waals surface area contributed by atoms with Crippen molar-refractivity contribution in [3.05, 3.63) is 47.0 Å². The normalized spacial score (nSPS) is 14.4. The zero-order valence-corrected chi connectivity index (χ0v) is 17.3. The summed E-state index contributed by atoms with van der Waals surface area (Å²) in [7, 11) is 1.67. The average Bonchev–Trinajstić information content (AvgIpc) is 3.16. The number of carbonyl (C=O) groups is 1. The number of ether oxygens (including phenoxy) is 1. The lowest BCUT2D eigenvalue weighted by atomic mass is 10.2. The lowest BCUT2D eigenvalue weighted by Gasteiger charge is -2.34. The zero-order valence-electron chi connectivity index (χ0n) is 15.7. The number of fused-ring (bicyclic) bond motifs is 1. The molecule has 1 saturated heterocycles. The molecule has 3 aromatic rings. The van der Waals surface area contributed by atoms with Crippen molar-refractivity contribution in [1.82, 2.24) is 9.88 Å². The monoisotopic (exact) mass is 416 g/mol. The topological polar surface area (TPSA) is 57.7 Å². The first-order chi connectivity index (χ1) is 13.6. The van der Waals surface area contributed by atoms with Crippen molar-refractivity contribution in [2.24, 2.45) is 0 Å². The van der Waals surface area contributed by atoms with Crippen LogP contribution in [0.25, 0.3) is 10.2 Å². The summed E-state index contributed by atoms with van der Waals surface area (Å²) in [5.41, 5.74) is 2.73. The molecular weight excluding hydrogens is 396 g/mol. The Labute approximate surface area is 172 Å². The van der Waals surface area contributed by atoms with Gasteiger partial charge in [-0.1, -0.05) is 41.1 Å². The predicted octanol–water partition coefficient (Wildman–Crippen LogP) is 4.62. The number of nitrogens with one attached hydrogen (secondary N) is 1. The predicted molar refractivity (Wildman–Crippen MR) is 115 cm³/mol. The average molecular weight is 417 g/mol. The number of methoxy groups -OCH3 is 1. The number of aromatic nitrogens is 1. The van der Waals surface area contributed by atoms with Crippen LogP contribution in [0.1, 0.15) is 5.56 Å². The van der Waals surface area contributed by atoms with Crippen molar-refractivity contribution in [1.29, 1.82) is 0 Å². The Balaban J connectivity index is 1.44. The number of nitrogens with zero attached hydrogens (tertiary/aromatic N) is 3. The largest absolute Gasteiger partial charge is 0.494 e. The molecule has 2 heterocycles. The number of amides is 2. The molecule has 6 nitrogen and oxygen atoms in total. The van der Waals surface area contributed by atoms with Crippen LogP contribution in [0, 0.1) is 6.92 Å². The molecule has 1 N–H and O–H groups in total. The number of piperazine rings is 1. The summed E-state index contributed by atoms with van der Waals surface area (Å²) < 4.78 is 6.60. The number of thiazole rings is 1. The molecule has 1 aliphatic heterocycles. The van der Waals surface area contributed by atoms with E-state index >= 15 is 0 Å². The van der Waals surface area contributed by atoms with Crippen molar-refractivity contribution in [2.75, 3.05) is 43.5 Å². The second kappa shape index (κ2) is 7.85. The second-order valence-electron chi connectivity index (χ2n) is 6.64. The molecule has 2 aromatic carbocycles. The SMILES string of the molecule is COc1ccc(C)c2sc(N3CCN(C(=O)Nc4ccccc4Cl)CC3)nc12. The highest BCUT2D eigenvalue weighted by atomic mass is 35.5. The summed E-state index contributed by atoms with van der Waals surface area (Å²) in [6, 6.07) is 11.1. The van der Waals surface area contributed by atoms with Crippen molar-refractivity contribution >= 4 is 50.0 Å². The van der Waals surface area contributed by atoms with E-state index in [2.05, 4.69) is 23.2 Å². The van der Waals surface area contributed by atoms with Gasteiger partial charge in [-0.3, -0.25) is 0 Å². The van der Waals surface area contributed by atoms with Gasteiger partial charge >= 0.3 is 6.03 Å². The molecule has 0 spiro atoms. The molecule has 1 aliphatic rings. The number of aryl methyl sites for hydroxylation is 1. The maximum Gasteiger partial charge on any atom is 0.322 e. The highest BCUT2D eigenvalue weighted by Crippen LogP contribution is 2.36. The fraction of sp³-hybridized carbons (Fsp3) is 0.300. The number of benzene rings is 2. The molecule has 2 amide bonds. The molecule has 1 aromatic heterocycles. The van der Waals surface area contributed by atoms with Crippen LogP contribution >= 0.6 is 22.9 Å². The quantitative estimate of drug-likeness (QED) is 0.676. The molecule has 4 rings (SSSR count). The molecule has 0 unspecified atom stereocenters. The number of hydrogen-bond donors (Lipinski definition) is 1. The fourth-order valence-corrected chi connectivity index (χ4v) is 4.54. The number of hydrogen-bond acceptors (Lipinski definition) is 5. The Kier molecular flexibility index (Phi) is 5.28. The van der Waals surface area contributed by atoms with Gasteiger partial charge in [0.15, 0.2) is 5.13 Å². The Morgan fingerprint density at radius 2 is 1.93 bits per heavy atom. The van der Waals surface area contributed by atoms with Crippen molar-refractivity contribution in [3.63, 3.8) is 0 Å². The van der Waals surface area contributed by atoms with E-state index in [1.54, 1.807) is 35.5 Å². The zero-order chi connectivity index (χ0) is 19.7. The molecule has 8 heteroatoms. The van der Waals surface area contributed by atoms with Gasteiger partial charge in [0.2, 0.25) is 0 Å². The van der Waals surface area contributed by atoms with Gasteiger partial charge in [-0.25, -0.2) is 9.78 Å². The third kappa shape index (κ3) is 3.59. The first-order valence-corrected chi connectivity index (χ1v) is 10.3. The van der Waals surface area contributed by atoms with Gasteiger partial charge in [0.05, 0.1) is 22.5 Å². The number of urea groups is 1. The Morgan fingerprint density at radius 1 is 1.18 bits per heavy atom. The Bertz CT molecular complexity index is 1010. The van der Waals surface area contributed by atoms with E-state index in [-0.39, 0.29) is 6.03 Å². The van der Waals surface area contributed by atoms with Crippen molar-refractivity contribution in [3.8, 4) is 5.75 Å². The molecule has 0 atom stereocenters. The lowest BCUT2D eigenvalue weighted by Crippen LogP contribution is -2.50. The summed E-state index contributed by atoms with van der Waals surface area (Å²) in [6.45, 7) is 4.81. The van der Waals surface area contributed by atoms with E-state index in [9.17, 15) is 4.79 Å². The minimum atomic E-state index is -0.130. The smallest absolute Gasteiger partial charge is 0.322 e. The van der Waals surface area contributed by atoms with Crippen LogP contribution in [-0.4, -0.2) is 49.2 Å². The van der Waals surface area contributed by atoms with Gasteiger partial charge in [-0.15, -0.1) is 0 Å². The maximum atomic E-state index is 12.5. The Hall–Kier alpha value is -2.51. The van der Waals surface area contributed by atoms with E-state index < -0.39 is 0 Å². The van der Waals surface area contributed by atoms with Crippen molar-refractivity contribution < 1.29 is 9.53 Å². The Morgan fingerprint density at radius 3 is 2.64 bits per heavy atom. The van der Waals surface area contributed by atoms with Gasteiger partial charge in [0.1, 0.15) is 11.3 Å². The lowest BCUT2D eigenvalue weighted by molar-refractivity contribution is 0.208. The molecule has 0 radical (unpaired) electrons. The van der Waals surface area contributed by atoms with Gasteiger partial charge in [-0.05, 0) is 30.7 Å². The van der Waals surface area contributed by atoms with E-state index in [4.69, 9.17) is 21.3 Å². The number of anilines is 2. The van der Waals surface area contributed by atoms with Gasteiger partial charge in [-0.2, -0.15) is 0 Å². The van der Waals surface area contributed by atoms with E-state index in [0.29, 0.717) is 23.8 Å². The molecule has 28 heavy (non-hydrogen) atoms. The summed E-state index contributed by atoms with van der Waals surface area (Å²) in [6.07, 6.45) is 0. The molecule has 146 valence electrons. The van der Waals surface area contributed by atoms with Crippen molar-refractivity contribution in [2.45, 2.75) is 6.92 Å². The molecule has 1 fully saturated rings. The first-order valence-electron chi connectivity index (χ1n) is 9.06. The van der Waals surface area contributed by atoms with Crippen LogP contribution in [0.15, 0.2) is 36.4 Å². The van der Waals surface area contributed by atoms with Crippen LogP contribution in [0.3, 0.4) is 0 Å². The number of rotatable bonds is 3. The standard InChI is InChI=1S/C20H21ClN4O2S/c1-13-7-8-16(27-2)17-18(13)28-20(23-17)25-11-9-24(10-12-25)19(26)22-15-6-4-3-5-14(15)21/h3-8H,9-12H2,1-2H3,(H,22,26). The van der Waals surface area contributed by atoms with E-state index in [1.807, 2.05) is 18.2 Å². The summed E-state index contributed by atoms with van der Waals surface area (Å²) in [5.74, 6) is 0.792. The van der Waals surface area contributed by atoms with E-state index in [1.165, 1.54) is 5.56 Å². The third-order valence-electron chi connectivity index (χ3n) is 4.86. The van der Waals surface area contributed by atoms with Crippen LogP contribution in [0.4, 0.5) is 15.6 Å². The van der Waals surface area contributed by atoms with Crippen LogP contribution in [0.5, 0.6) is 5.75 Å². The van der Waals surface area contributed by atoms with E-state index in [0.717, 1.165) is 34.2 Å². The van der Waals surface area contributed by atoms with Gasteiger partial charge < -0.3 is 19.9 Å². The number of halogens is 1. The minimum absolute atomic E-state index is 0.130. The van der Waals surface area contributed by atoms with Gasteiger partial charge in [0, 0.05) is 26.2 Å². The third-order valence-corrected chi connectivity index (χ3v) is 6.45. The summed E-state index contributed by atoms with van der Waals surface area (Å²) in [5, 5.41) is 4.39. The molecule has 0 aliphatic carbocycles. The maximum absolute atomic E-state index is 12.5. The van der Waals surface area contributed by atoms with Crippen LogP contribution in [0.2, 0.25) is 5.02 Å². The summed E-state index contributed by atoms with van der Waals surface area (Å²) in [4.78, 5) is 21.4. The highest BCUT2D eigenvalue weighted by molar-refractivity contribution is 7.22. The summed E-state index contributed by atoms with van der Waals surface area (Å²) >= 11 is 7.80. The van der Waals surface area contributed by atoms with Crippen LogP contribution < -0.4 is 15.0 Å². The molecule has 0 saturated carbocycles. The first kappa shape index (κ1) is 18.8. The van der Waals surface area contributed by atoms with Crippen LogP contribution in [-0.2, 0) is 0 Å².